The van der Waals surface area contributed by atoms with Gasteiger partial charge in [-0.2, -0.15) is 9.65 Å². The Kier molecular flexibility index (Phi) is 9.41. The Morgan fingerprint density at radius 2 is 1.12 bits per heavy atom. The van der Waals surface area contributed by atoms with Gasteiger partial charge in [-0.25, -0.2) is 0 Å². The Hall–Kier alpha value is 0.920. The molecule has 0 radical (unpaired) electrons. The first-order valence-corrected chi connectivity index (χ1v) is 12.2. The zero-order valence-corrected chi connectivity index (χ0v) is 14.0. The second-order valence-corrected chi connectivity index (χ2v) is 14.9. The van der Waals surface area contributed by atoms with Gasteiger partial charge in [-0.05, 0) is 48.3 Å². The molecule has 0 heterocycles. The molecule has 2 nitrogen and oxygen atoms in total. The normalized spacial score (nSPS) is 13.9. The van der Waals surface area contributed by atoms with Gasteiger partial charge >= 0.3 is 0 Å². The van der Waals surface area contributed by atoms with E-state index in [-0.39, 0.29) is 0 Å². The van der Waals surface area contributed by atoms with Gasteiger partial charge in [-0.1, -0.05) is 40.0 Å². The topological polar surface area (TPSA) is 40.5 Å². The molecule has 17 heavy (non-hydrogen) atoms. The zero-order chi connectivity index (χ0) is 13.4. The lowest BCUT2D eigenvalue weighted by Gasteiger charge is -2.43. The van der Waals surface area contributed by atoms with Gasteiger partial charge in [0.1, 0.15) is 0 Å². The van der Waals surface area contributed by atoms with Crippen LogP contribution >= 0.6 is 15.3 Å². The monoisotopic (exact) mass is 300 g/mol. The second-order valence-electron chi connectivity index (χ2n) is 4.66. The number of rotatable bonds is 10. The van der Waals surface area contributed by atoms with Crippen LogP contribution in [0.4, 0.5) is 0 Å². The molecule has 0 rings (SSSR count). The minimum absolute atomic E-state index is 0.966. The summed E-state index contributed by atoms with van der Waals surface area (Å²) in [5.74, 6) is 2.90. The first kappa shape index (κ1) is 17.9. The fourth-order valence-corrected chi connectivity index (χ4v) is 11.0. The highest BCUT2D eigenvalue weighted by atomic mass is 33.0. The van der Waals surface area contributed by atoms with E-state index in [2.05, 4.69) is 20.8 Å². The Labute approximate surface area is 113 Å². The maximum atomic E-state index is 10.1. The molecule has 0 atom stereocenters. The lowest BCUT2D eigenvalue weighted by Crippen LogP contribution is -2.14. The van der Waals surface area contributed by atoms with Crippen LogP contribution < -0.4 is 0 Å². The van der Waals surface area contributed by atoms with E-state index in [0.29, 0.717) is 0 Å². The van der Waals surface area contributed by atoms with Crippen molar-refractivity contribution in [1.82, 2.24) is 0 Å². The van der Waals surface area contributed by atoms with Crippen molar-refractivity contribution in [3.63, 3.8) is 0 Å². The van der Waals surface area contributed by atoms with E-state index < -0.39 is 15.3 Å². The third-order valence-electron chi connectivity index (χ3n) is 3.14. The lowest BCUT2D eigenvalue weighted by molar-refractivity contribution is 0.500. The van der Waals surface area contributed by atoms with Gasteiger partial charge in [-0.15, -0.1) is 0 Å². The Morgan fingerprint density at radius 3 is 1.29 bits per heavy atom. The van der Waals surface area contributed by atoms with Crippen molar-refractivity contribution in [2.24, 2.45) is 0 Å². The Balaban J connectivity index is 4.85. The molecule has 0 unspecified atom stereocenters. The Morgan fingerprint density at radius 1 is 0.824 bits per heavy atom. The fraction of sp³-hybridized carbons (Fsp3) is 1.00. The quantitative estimate of drug-likeness (QED) is 0.587. The van der Waals surface area contributed by atoms with Crippen LogP contribution in [0.3, 0.4) is 0 Å². The van der Waals surface area contributed by atoms with Crippen LogP contribution in [0.1, 0.15) is 59.3 Å². The van der Waals surface area contributed by atoms with E-state index in [1.165, 1.54) is 0 Å². The van der Waals surface area contributed by atoms with Gasteiger partial charge in [0.25, 0.3) is 0 Å². The van der Waals surface area contributed by atoms with Crippen molar-refractivity contribution in [2.45, 2.75) is 59.3 Å². The molecule has 0 fully saturated rings. The zero-order valence-electron chi connectivity index (χ0n) is 11.5. The van der Waals surface area contributed by atoms with Crippen LogP contribution in [0.15, 0.2) is 0 Å². The minimum atomic E-state index is -3.08. The SMILES string of the molecule is CCCCS(CCCC)(CCCC)P(O)(O)=S. The van der Waals surface area contributed by atoms with Gasteiger partial charge in [0.2, 0.25) is 5.69 Å². The van der Waals surface area contributed by atoms with E-state index in [1.54, 1.807) is 0 Å². The minimum Gasteiger partial charge on any atom is -0.339 e. The summed E-state index contributed by atoms with van der Waals surface area (Å²) in [7, 11) is -1.36. The molecule has 0 amide bonds. The molecule has 0 aromatic rings. The van der Waals surface area contributed by atoms with Gasteiger partial charge in [0.15, 0.2) is 0 Å². The summed E-state index contributed by atoms with van der Waals surface area (Å²) in [5.41, 5.74) is -3.08. The van der Waals surface area contributed by atoms with Crippen molar-refractivity contribution >= 4 is 27.1 Å². The van der Waals surface area contributed by atoms with E-state index >= 15 is 0 Å². The van der Waals surface area contributed by atoms with Gasteiger partial charge in [0, 0.05) is 0 Å². The maximum absolute atomic E-state index is 10.1. The average molecular weight is 300 g/mol. The van der Waals surface area contributed by atoms with Crippen LogP contribution in [-0.4, -0.2) is 27.0 Å². The number of hydrogen-bond acceptors (Lipinski definition) is 1. The first-order chi connectivity index (χ1) is 7.93. The largest absolute Gasteiger partial charge is 0.339 e. The molecule has 106 valence electrons. The Bertz CT molecular complexity index is 219. The van der Waals surface area contributed by atoms with Crippen LogP contribution in [-0.2, 0) is 11.8 Å². The number of hydrogen-bond donors (Lipinski definition) is 2. The van der Waals surface area contributed by atoms with Crippen LogP contribution in [0, 0.1) is 0 Å². The molecule has 0 aromatic heterocycles. The average Bonchev–Trinajstić information content (AvgIpc) is 2.27. The summed E-state index contributed by atoms with van der Waals surface area (Å²) < 4.78 is 0. The third-order valence-corrected chi connectivity index (χ3v) is 14.8. The summed E-state index contributed by atoms with van der Waals surface area (Å²) in [6, 6.07) is 0. The first-order valence-electron chi connectivity index (χ1n) is 6.75. The summed E-state index contributed by atoms with van der Waals surface area (Å²) in [6.45, 7) is 6.46. The van der Waals surface area contributed by atoms with Crippen molar-refractivity contribution in [3.05, 3.63) is 0 Å². The summed E-state index contributed by atoms with van der Waals surface area (Å²) in [5, 5.41) is 0. The molecule has 5 heteroatoms. The van der Waals surface area contributed by atoms with Crippen LogP contribution in [0.5, 0.6) is 0 Å². The fourth-order valence-electron chi connectivity index (χ4n) is 1.90. The molecule has 0 aliphatic heterocycles. The molecular formula is C12H29O2PS2. The predicted molar refractivity (Wildman–Crippen MR) is 85.6 cm³/mol. The van der Waals surface area contributed by atoms with E-state index in [0.717, 1.165) is 55.8 Å². The van der Waals surface area contributed by atoms with Crippen LogP contribution in [0.2, 0.25) is 0 Å². The van der Waals surface area contributed by atoms with E-state index in [9.17, 15) is 9.79 Å². The molecule has 0 aliphatic carbocycles. The molecule has 0 saturated heterocycles. The second kappa shape index (κ2) is 8.92. The highest BCUT2D eigenvalue weighted by Crippen LogP contribution is 2.78. The highest BCUT2D eigenvalue weighted by Gasteiger charge is 2.35. The molecule has 0 bridgehead atoms. The molecule has 2 N–H and O–H groups in total. The summed E-state index contributed by atoms with van der Waals surface area (Å²) in [4.78, 5) is 20.3. The van der Waals surface area contributed by atoms with Crippen molar-refractivity contribution in [2.75, 3.05) is 17.3 Å². The molecule has 0 aliphatic rings. The highest BCUT2D eigenvalue weighted by molar-refractivity contribution is 8.85. The lowest BCUT2D eigenvalue weighted by atomic mass is 10.4. The van der Waals surface area contributed by atoms with Crippen LogP contribution in [0.25, 0.3) is 0 Å². The smallest absolute Gasteiger partial charge is 0.224 e. The van der Waals surface area contributed by atoms with Gasteiger partial charge in [0.05, 0.1) is 0 Å². The molecule has 0 saturated carbocycles. The summed E-state index contributed by atoms with van der Waals surface area (Å²) >= 11 is 5.12. The van der Waals surface area contributed by atoms with Gasteiger partial charge < -0.3 is 9.79 Å². The van der Waals surface area contributed by atoms with Gasteiger partial charge in [-0.3, -0.25) is 0 Å². The van der Waals surface area contributed by atoms with E-state index in [4.69, 9.17) is 11.8 Å². The molecule has 0 spiro atoms. The summed E-state index contributed by atoms with van der Waals surface area (Å²) in [6.07, 6.45) is 6.60. The van der Waals surface area contributed by atoms with Crippen molar-refractivity contribution < 1.29 is 9.79 Å². The standard InChI is InChI=1S/C12H29O2PS2/c1-4-7-10-17(11-8-5-2,12-9-6-3)15(13,14)16/h4-12H2,1-3H3,(H2,13,14,16). The van der Waals surface area contributed by atoms with Crippen molar-refractivity contribution in [3.8, 4) is 0 Å². The molecule has 0 aromatic carbocycles. The maximum Gasteiger partial charge on any atom is 0.224 e. The molecular weight excluding hydrogens is 271 g/mol. The third kappa shape index (κ3) is 6.07. The van der Waals surface area contributed by atoms with E-state index in [1.807, 2.05) is 0 Å². The predicted octanol–water partition coefficient (Wildman–Crippen LogP) is 4.40. The number of unbranched alkanes of at least 4 members (excludes halogenated alkanes) is 3. The van der Waals surface area contributed by atoms with Crippen molar-refractivity contribution in [1.29, 1.82) is 0 Å².